The van der Waals surface area contributed by atoms with E-state index in [9.17, 15) is 4.79 Å². The number of rotatable bonds is 7. The Kier molecular flexibility index (Phi) is 5.41. The molecule has 0 aliphatic rings. The van der Waals surface area contributed by atoms with Crippen LogP contribution in [0.3, 0.4) is 0 Å². The normalized spacial score (nSPS) is 10.4. The lowest BCUT2D eigenvalue weighted by Crippen LogP contribution is -2.30. The number of carbonyl (C=O) groups excluding carboxylic acids is 1. The molecule has 0 spiro atoms. The Bertz CT molecular complexity index is 813. The smallest absolute Gasteiger partial charge is 0.257 e. The number of carbonyl (C=O) groups is 1. The number of benzene rings is 2. The molecular weight excluding hydrogens is 318 g/mol. The van der Waals surface area contributed by atoms with Gasteiger partial charge in [0, 0.05) is 19.0 Å². The van der Waals surface area contributed by atoms with Crippen molar-refractivity contribution in [2.45, 2.75) is 13.3 Å². The first kappa shape index (κ1) is 16.7. The van der Waals surface area contributed by atoms with Crippen LogP contribution in [-0.2, 0) is 11.2 Å². The van der Waals surface area contributed by atoms with Crippen LogP contribution in [0.4, 0.5) is 0 Å². The summed E-state index contributed by atoms with van der Waals surface area (Å²) in [5, 5.41) is 10.6. The van der Waals surface area contributed by atoms with Crippen molar-refractivity contribution in [1.82, 2.24) is 15.5 Å². The largest absolute Gasteiger partial charge is 0.484 e. The second-order valence-electron chi connectivity index (χ2n) is 5.52. The minimum atomic E-state index is -0.146. The average Bonchev–Trinajstić information content (AvgIpc) is 3.08. The van der Waals surface area contributed by atoms with Crippen molar-refractivity contribution >= 4 is 5.91 Å². The first-order chi connectivity index (χ1) is 12.2. The summed E-state index contributed by atoms with van der Waals surface area (Å²) >= 11 is 0. The van der Waals surface area contributed by atoms with Gasteiger partial charge in [-0.1, -0.05) is 30.3 Å². The minimum absolute atomic E-state index is 0.0200. The summed E-state index contributed by atoms with van der Waals surface area (Å²) in [6.45, 7) is 2.31. The Morgan fingerprint density at radius 1 is 1.08 bits per heavy atom. The molecule has 1 heterocycles. The highest BCUT2D eigenvalue weighted by Gasteiger charge is 2.07. The zero-order valence-electron chi connectivity index (χ0n) is 13.9. The molecule has 1 aromatic heterocycles. The SMILES string of the molecule is Cc1nnc(-c2ccc(OCC(=O)NCCc3ccccc3)cc2)o1. The number of amides is 1. The molecule has 0 atom stereocenters. The number of nitrogens with one attached hydrogen (secondary N) is 1. The third-order valence-electron chi connectivity index (χ3n) is 3.58. The minimum Gasteiger partial charge on any atom is -0.484 e. The Morgan fingerprint density at radius 3 is 2.52 bits per heavy atom. The molecule has 2 aromatic carbocycles. The van der Waals surface area contributed by atoms with Crippen LogP contribution in [0.5, 0.6) is 5.75 Å². The number of ether oxygens (including phenoxy) is 1. The van der Waals surface area contributed by atoms with Crippen LogP contribution >= 0.6 is 0 Å². The quantitative estimate of drug-likeness (QED) is 0.717. The van der Waals surface area contributed by atoms with Gasteiger partial charge in [0.1, 0.15) is 5.75 Å². The molecule has 0 saturated heterocycles. The predicted octanol–water partition coefficient (Wildman–Crippen LogP) is 2.78. The van der Waals surface area contributed by atoms with Gasteiger partial charge in [-0.3, -0.25) is 4.79 Å². The summed E-state index contributed by atoms with van der Waals surface area (Å²) in [5.74, 6) is 1.44. The molecule has 3 rings (SSSR count). The average molecular weight is 337 g/mol. The van der Waals surface area contributed by atoms with Crippen LogP contribution in [0.1, 0.15) is 11.5 Å². The van der Waals surface area contributed by atoms with Gasteiger partial charge in [0.2, 0.25) is 11.8 Å². The van der Waals surface area contributed by atoms with Crippen molar-refractivity contribution in [1.29, 1.82) is 0 Å². The molecule has 0 unspecified atom stereocenters. The van der Waals surface area contributed by atoms with E-state index in [0.717, 1.165) is 12.0 Å². The first-order valence-electron chi connectivity index (χ1n) is 8.05. The summed E-state index contributed by atoms with van der Waals surface area (Å²) in [6, 6.07) is 17.2. The number of nitrogens with zero attached hydrogens (tertiary/aromatic N) is 2. The van der Waals surface area contributed by atoms with E-state index in [2.05, 4.69) is 15.5 Å². The van der Waals surface area contributed by atoms with Gasteiger partial charge in [-0.05, 0) is 36.2 Å². The lowest BCUT2D eigenvalue weighted by molar-refractivity contribution is -0.123. The first-order valence-corrected chi connectivity index (χ1v) is 8.05. The number of aryl methyl sites for hydroxylation is 1. The van der Waals surface area contributed by atoms with Crippen LogP contribution in [-0.4, -0.2) is 29.3 Å². The maximum Gasteiger partial charge on any atom is 0.257 e. The van der Waals surface area contributed by atoms with Crippen LogP contribution in [0.25, 0.3) is 11.5 Å². The third kappa shape index (κ3) is 4.91. The number of aromatic nitrogens is 2. The van der Waals surface area contributed by atoms with E-state index < -0.39 is 0 Å². The van der Waals surface area contributed by atoms with Gasteiger partial charge in [0.25, 0.3) is 5.91 Å². The van der Waals surface area contributed by atoms with Crippen LogP contribution in [0, 0.1) is 6.92 Å². The van der Waals surface area contributed by atoms with Gasteiger partial charge >= 0.3 is 0 Å². The molecular formula is C19H19N3O3. The van der Waals surface area contributed by atoms with Crippen molar-refractivity contribution in [3.05, 3.63) is 66.1 Å². The Morgan fingerprint density at radius 2 is 1.84 bits per heavy atom. The summed E-state index contributed by atoms with van der Waals surface area (Å²) in [4.78, 5) is 11.8. The fourth-order valence-corrected chi connectivity index (χ4v) is 2.30. The van der Waals surface area contributed by atoms with Crippen molar-refractivity contribution < 1.29 is 13.9 Å². The van der Waals surface area contributed by atoms with Gasteiger partial charge in [0.05, 0.1) is 0 Å². The number of hydrogen-bond acceptors (Lipinski definition) is 5. The van der Waals surface area contributed by atoms with Gasteiger partial charge in [-0.2, -0.15) is 0 Å². The van der Waals surface area contributed by atoms with Crippen molar-refractivity contribution in [2.24, 2.45) is 0 Å². The summed E-state index contributed by atoms with van der Waals surface area (Å²) in [7, 11) is 0. The van der Waals surface area contributed by atoms with Crippen molar-refractivity contribution in [3.8, 4) is 17.2 Å². The van der Waals surface area contributed by atoms with Crippen molar-refractivity contribution in [3.63, 3.8) is 0 Å². The Hall–Kier alpha value is -3.15. The molecule has 0 aliphatic heterocycles. The lowest BCUT2D eigenvalue weighted by Gasteiger charge is -2.08. The van der Waals surface area contributed by atoms with Gasteiger partial charge in [-0.15, -0.1) is 10.2 Å². The van der Waals surface area contributed by atoms with E-state index in [4.69, 9.17) is 9.15 Å². The molecule has 6 heteroatoms. The molecule has 0 fully saturated rings. The highest BCUT2D eigenvalue weighted by atomic mass is 16.5. The molecule has 0 saturated carbocycles. The molecule has 1 amide bonds. The molecule has 3 aromatic rings. The fraction of sp³-hybridized carbons (Fsp3) is 0.211. The molecule has 0 radical (unpaired) electrons. The fourth-order valence-electron chi connectivity index (χ4n) is 2.30. The number of hydrogen-bond donors (Lipinski definition) is 1. The monoisotopic (exact) mass is 337 g/mol. The van der Waals surface area contributed by atoms with E-state index in [1.54, 1.807) is 19.1 Å². The predicted molar refractivity (Wildman–Crippen MR) is 93.1 cm³/mol. The van der Waals surface area contributed by atoms with Crippen molar-refractivity contribution in [2.75, 3.05) is 13.2 Å². The Labute approximate surface area is 145 Å². The van der Waals surface area contributed by atoms with Crippen LogP contribution < -0.4 is 10.1 Å². The topological polar surface area (TPSA) is 77.2 Å². The highest BCUT2D eigenvalue weighted by Crippen LogP contribution is 2.21. The Balaban J connectivity index is 1.42. The second-order valence-corrected chi connectivity index (χ2v) is 5.52. The summed E-state index contributed by atoms with van der Waals surface area (Å²) in [5.41, 5.74) is 2.00. The van der Waals surface area contributed by atoms with Crippen LogP contribution in [0.2, 0.25) is 0 Å². The molecule has 0 aliphatic carbocycles. The summed E-state index contributed by atoms with van der Waals surface area (Å²) < 4.78 is 10.8. The maximum absolute atomic E-state index is 11.8. The van der Waals surface area contributed by atoms with E-state index in [1.807, 2.05) is 42.5 Å². The van der Waals surface area contributed by atoms with E-state index in [1.165, 1.54) is 5.56 Å². The molecule has 25 heavy (non-hydrogen) atoms. The van der Waals surface area contributed by atoms with E-state index >= 15 is 0 Å². The van der Waals surface area contributed by atoms with Gasteiger partial charge in [-0.25, -0.2) is 0 Å². The lowest BCUT2D eigenvalue weighted by atomic mass is 10.1. The standard InChI is InChI=1S/C19H19N3O3/c1-14-21-22-19(25-14)16-7-9-17(10-8-16)24-13-18(23)20-12-11-15-5-3-2-4-6-15/h2-10H,11-13H2,1H3,(H,20,23). The highest BCUT2D eigenvalue weighted by molar-refractivity contribution is 5.77. The zero-order valence-corrected chi connectivity index (χ0v) is 13.9. The van der Waals surface area contributed by atoms with Gasteiger partial charge in [0.15, 0.2) is 6.61 Å². The van der Waals surface area contributed by atoms with E-state index in [-0.39, 0.29) is 12.5 Å². The second kappa shape index (κ2) is 8.10. The maximum atomic E-state index is 11.8. The van der Waals surface area contributed by atoms with E-state index in [0.29, 0.717) is 24.1 Å². The van der Waals surface area contributed by atoms with Crippen LogP contribution in [0.15, 0.2) is 59.0 Å². The molecule has 6 nitrogen and oxygen atoms in total. The molecule has 128 valence electrons. The molecule has 0 bridgehead atoms. The summed E-state index contributed by atoms with van der Waals surface area (Å²) in [6.07, 6.45) is 0.797. The molecule has 1 N–H and O–H groups in total. The van der Waals surface area contributed by atoms with Gasteiger partial charge < -0.3 is 14.5 Å². The third-order valence-corrected chi connectivity index (χ3v) is 3.58. The zero-order chi connectivity index (χ0) is 17.5.